The van der Waals surface area contributed by atoms with E-state index >= 15 is 0 Å². The Labute approximate surface area is 147 Å². The molecule has 0 radical (unpaired) electrons. The molecule has 2 aromatic rings. The van der Waals surface area contributed by atoms with Gasteiger partial charge >= 0.3 is 0 Å². The minimum absolute atomic E-state index is 0.179. The molecule has 0 saturated carbocycles. The third-order valence-electron chi connectivity index (χ3n) is 5.36. The predicted molar refractivity (Wildman–Crippen MR) is 93.9 cm³/mol. The number of hydrogen-bond acceptors (Lipinski definition) is 4. The van der Waals surface area contributed by atoms with Gasteiger partial charge < -0.3 is 4.74 Å². The molecule has 0 amide bonds. The second-order valence-corrected chi connectivity index (χ2v) is 7.35. The summed E-state index contributed by atoms with van der Waals surface area (Å²) in [6, 6.07) is 6.71. The van der Waals surface area contributed by atoms with Crippen molar-refractivity contribution in [1.82, 2.24) is 14.9 Å². The Hall–Kier alpha value is -1.49. The molecule has 0 aliphatic carbocycles. The largest absolute Gasteiger partial charge is 0.370 e. The Bertz CT molecular complexity index is 724. The molecule has 0 N–H and O–H groups in total. The number of ether oxygens (including phenoxy) is 1. The quantitative estimate of drug-likeness (QED) is 0.835. The van der Waals surface area contributed by atoms with Gasteiger partial charge in [0.05, 0.1) is 12.2 Å². The van der Waals surface area contributed by atoms with Crippen molar-refractivity contribution in [3.8, 4) is 0 Å². The topological polar surface area (TPSA) is 38.2 Å². The van der Waals surface area contributed by atoms with Crippen LogP contribution in [0.1, 0.15) is 36.5 Å². The van der Waals surface area contributed by atoms with Crippen molar-refractivity contribution < 1.29 is 4.74 Å². The Morgan fingerprint density at radius 1 is 1.33 bits per heavy atom. The van der Waals surface area contributed by atoms with Gasteiger partial charge in [0.15, 0.2) is 0 Å². The molecule has 5 heteroatoms. The van der Waals surface area contributed by atoms with Crippen molar-refractivity contribution in [1.29, 1.82) is 0 Å². The van der Waals surface area contributed by atoms with Gasteiger partial charge in [-0.25, -0.2) is 9.97 Å². The number of benzene rings is 1. The molecule has 3 heterocycles. The van der Waals surface area contributed by atoms with E-state index < -0.39 is 0 Å². The predicted octanol–water partition coefficient (Wildman–Crippen LogP) is 3.58. The Morgan fingerprint density at radius 3 is 2.96 bits per heavy atom. The zero-order valence-electron chi connectivity index (χ0n) is 13.9. The van der Waals surface area contributed by atoms with Crippen LogP contribution in [-0.2, 0) is 23.3 Å². The summed E-state index contributed by atoms with van der Waals surface area (Å²) in [4.78, 5) is 10.7. The van der Waals surface area contributed by atoms with Gasteiger partial charge in [0, 0.05) is 42.1 Å². The van der Waals surface area contributed by atoms with Crippen LogP contribution in [0.3, 0.4) is 0 Å². The van der Waals surface area contributed by atoms with Gasteiger partial charge in [0.25, 0.3) is 0 Å². The summed E-state index contributed by atoms with van der Waals surface area (Å²) in [7, 11) is 0. The zero-order valence-corrected chi connectivity index (χ0v) is 14.7. The van der Waals surface area contributed by atoms with E-state index in [0.717, 1.165) is 49.5 Å². The lowest BCUT2D eigenvalue weighted by atomic mass is 9.77. The average molecular weight is 344 g/mol. The molecular formula is C19H22ClN3O. The second kappa shape index (κ2) is 6.43. The van der Waals surface area contributed by atoms with Crippen LogP contribution in [0.4, 0.5) is 0 Å². The van der Waals surface area contributed by atoms with Crippen LogP contribution >= 0.6 is 11.6 Å². The van der Waals surface area contributed by atoms with Crippen LogP contribution in [0.15, 0.2) is 36.9 Å². The van der Waals surface area contributed by atoms with Gasteiger partial charge in [-0.3, -0.25) is 4.90 Å². The molecule has 24 heavy (non-hydrogen) atoms. The fourth-order valence-corrected chi connectivity index (χ4v) is 4.31. The third kappa shape index (κ3) is 2.94. The van der Waals surface area contributed by atoms with Crippen molar-refractivity contribution in [2.24, 2.45) is 0 Å². The smallest absolute Gasteiger partial charge is 0.115 e. The van der Waals surface area contributed by atoms with Crippen LogP contribution in [0, 0.1) is 0 Å². The number of halogens is 1. The normalized spacial score (nSPS) is 27.2. The van der Waals surface area contributed by atoms with Crippen LogP contribution < -0.4 is 0 Å². The minimum atomic E-state index is -0.179. The molecule has 1 saturated heterocycles. The second-order valence-electron chi connectivity index (χ2n) is 6.91. The molecule has 1 spiro atoms. The first-order valence-electron chi connectivity index (χ1n) is 8.57. The van der Waals surface area contributed by atoms with Gasteiger partial charge in [-0.15, -0.1) is 0 Å². The molecule has 2 aliphatic heterocycles. The first kappa shape index (κ1) is 16.0. The lowest BCUT2D eigenvalue weighted by Gasteiger charge is -2.48. The first-order valence-corrected chi connectivity index (χ1v) is 8.95. The lowest BCUT2D eigenvalue weighted by Crippen LogP contribution is -2.50. The molecule has 0 bridgehead atoms. The summed E-state index contributed by atoms with van der Waals surface area (Å²) in [5, 5.41) is 0.801. The number of hydrogen-bond donors (Lipinski definition) is 0. The van der Waals surface area contributed by atoms with Crippen LogP contribution in [-0.4, -0.2) is 34.1 Å². The molecule has 126 valence electrons. The maximum Gasteiger partial charge on any atom is 0.115 e. The third-order valence-corrected chi connectivity index (χ3v) is 5.60. The van der Waals surface area contributed by atoms with Crippen LogP contribution in [0.25, 0.3) is 0 Å². The van der Waals surface area contributed by atoms with Crippen molar-refractivity contribution >= 4 is 11.6 Å². The first-order chi connectivity index (χ1) is 11.7. The van der Waals surface area contributed by atoms with Crippen molar-refractivity contribution in [3.63, 3.8) is 0 Å². The standard InChI is InChI=1S/C19H22ClN3O/c1-14-9-19(5-6-23(14)12-15-10-21-13-22-11-15)18-8-17(20)3-2-16(18)4-7-24-19/h2-3,8,10-11,13-14H,4-7,9,12H2,1H3/t14-,19+/m0/s1. The molecule has 2 aliphatic rings. The van der Waals surface area contributed by atoms with E-state index in [4.69, 9.17) is 16.3 Å². The highest BCUT2D eigenvalue weighted by atomic mass is 35.5. The Kier molecular flexibility index (Phi) is 4.29. The molecule has 1 aromatic heterocycles. The number of rotatable bonds is 2. The highest BCUT2D eigenvalue weighted by molar-refractivity contribution is 6.30. The molecule has 1 aromatic carbocycles. The van der Waals surface area contributed by atoms with E-state index in [1.54, 1.807) is 6.33 Å². The number of nitrogens with zero attached hydrogens (tertiary/aromatic N) is 3. The average Bonchev–Trinajstić information content (AvgIpc) is 2.59. The highest BCUT2D eigenvalue weighted by Crippen LogP contribution is 2.44. The molecule has 4 nitrogen and oxygen atoms in total. The SMILES string of the molecule is C[C@H]1C[C@@]2(CCN1Cc1cncnc1)OCCc1ccc(Cl)cc12. The Morgan fingerprint density at radius 2 is 2.17 bits per heavy atom. The maximum atomic E-state index is 6.35. The fraction of sp³-hybridized carbons (Fsp3) is 0.474. The number of piperidine rings is 1. The molecule has 0 unspecified atom stereocenters. The molecule has 1 fully saturated rings. The molecular weight excluding hydrogens is 322 g/mol. The van der Waals surface area contributed by atoms with Crippen molar-refractivity contribution in [2.75, 3.05) is 13.2 Å². The number of fused-ring (bicyclic) bond motifs is 2. The highest BCUT2D eigenvalue weighted by Gasteiger charge is 2.43. The van der Waals surface area contributed by atoms with Gasteiger partial charge in [-0.05, 0) is 49.4 Å². The van der Waals surface area contributed by atoms with Crippen molar-refractivity contribution in [3.05, 3.63) is 58.6 Å². The monoisotopic (exact) mass is 343 g/mol. The van der Waals surface area contributed by atoms with Gasteiger partial charge in [-0.1, -0.05) is 17.7 Å². The number of aromatic nitrogens is 2. The van der Waals surface area contributed by atoms with Gasteiger partial charge in [0.2, 0.25) is 0 Å². The van der Waals surface area contributed by atoms with E-state index in [1.165, 1.54) is 11.1 Å². The summed E-state index contributed by atoms with van der Waals surface area (Å²) < 4.78 is 6.35. The fourth-order valence-electron chi connectivity index (χ4n) is 4.13. The van der Waals surface area contributed by atoms with E-state index in [2.05, 4.69) is 33.9 Å². The zero-order chi connectivity index (χ0) is 16.6. The lowest BCUT2D eigenvalue weighted by molar-refractivity contribution is -0.113. The van der Waals surface area contributed by atoms with Crippen molar-refractivity contribution in [2.45, 2.75) is 44.4 Å². The maximum absolute atomic E-state index is 6.35. The molecule has 4 rings (SSSR count). The van der Waals surface area contributed by atoms with Crippen LogP contribution in [0.2, 0.25) is 5.02 Å². The van der Waals surface area contributed by atoms with Crippen LogP contribution in [0.5, 0.6) is 0 Å². The van der Waals surface area contributed by atoms with E-state index in [0.29, 0.717) is 6.04 Å². The summed E-state index contributed by atoms with van der Waals surface area (Å²) >= 11 is 6.27. The Balaban J connectivity index is 1.56. The van der Waals surface area contributed by atoms with Gasteiger partial charge in [0.1, 0.15) is 6.33 Å². The van der Waals surface area contributed by atoms with E-state index in [-0.39, 0.29) is 5.60 Å². The molecule has 2 atom stereocenters. The van der Waals surface area contributed by atoms with E-state index in [1.807, 2.05) is 18.5 Å². The summed E-state index contributed by atoms with van der Waals surface area (Å²) in [5.74, 6) is 0. The number of likely N-dealkylation sites (tertiary alicyclic amines) is 1. The summed E-state index contributed by atoms with van der Waals surface area (Å²) in [5.41, 5.74) is 3.67. The summed E-state index contributed by atoms with van der Waals surface area (Å²) in [6.45, 7) is 4.98. The van der Waals surface area contributed by atoms with E-state index in [9.17, 15) is 0 Å². The van der Waals surface area contributed by atoms with Gasteiger partial charge in [-0.2, -0.15) is 0 Å². The summed E-state index contributed by atoms with van der Waals surface area (Å²) in [6.07, 6.45) is 8.35. The minimum Gasteiger partial charge on any atom is -0.370 e.